The number of hydrogen-bond donors (Lipinski definition) is 2. The second-order valence-corrected chi connectivity index (χ2v) is 4.01. The van der Waals surface area contributed by atoms with E-state index in [0.29, 0.717) is 11.7 Å². The lowest BCUT2D eigenvalue weighted by molar-refractivity contribution is 0.813. The molecule has 0 spiro atoms. The monoisotopic (exact) mass is 255 g/mol. The van der Waals surface area contributed by atoms with Crippen LogP contribution in [-0.4, -0.2) is 11.0 Å². The minimum atomic E-state index is 0.313. The van der Waals surface area contributed by atoms with Gasteiger partial charge in [-0.15, -0.1) is 6.58 Å². The Labute approximate surface area is 92.5 Å². The number of rotatable bonds is 4. The maximum Gasteiger partial charge on any atom is 0.0752 e. The van der Waals surface area contributed by atoms with Gasteiger partial charge in [0.05, 0.1) is 22.0 Å². The van der Waals surface area contributed by atoms with Crippen LogP contribution in [0.3, 0.4) is 0 Å². The van der Waals surface area contributed by atoms with E-state index in [9.17, 15) is 0 Å². The summed E-state index contributed by atoms with van der Waals surface area (Å²) in [6.07, 6.45) is 6.13. The summed E-state index contributed by atoms with van der Waals surface area (Å²) in [6, 6.07) is 0.313. The topological polar surface area (TPSA) is 50.9 Å². The zero-order valence-corrected chi connectivity index (χ0v) is 9.71. The zero-order valence-electron chi connectivity index (χ0n) is 8.13. The molecule has 0 bridgehead atoms. The van der Waals surface area contributed by atoms with E-state index >= 15 is 0 Å². The number of nitrogens with one attached hydrogen (secondary N) is 1. The standard InChI is InChI=1S/C10H14BrN3/c1-3-4-7(2)14-10-8(11)5-13-6-9(10)12/h3,5-7H,1,4,12H2,2H3,(H,13,14). The average Bonchev–Trinajstić information content (AvgIpc) is 2.12. The van der Waals surface area contributed by atoms with Gasteiger partial charge in [-0.25, -0.2) is 0 Å². The number of anilines is 2. The fourth-order valence-corrected chi connectivity index (χ4v) is 1.62. The first kappa shape index (κ1) is 11.0. The Morgan fingerprint density at radius 3 is 3.00 bits per heavy atom. The van der Waals surface area contributed by atoms with Gasteiger partial charge in [0.2, 0.25) is 0 Å². The molecule has 0 amide bonds. The molecule has 1 rings (SSSR count). The predicted octanol–water partition coefficient (Wildman–Crippen LogP) is 2.80. The van der Waals surface area contributed by atoms with Gasteiger partial charge < -0.3 is 11.1 Å². The van der Waals surface area contributed by atoms with Crippen LogP contribution in [-0.2, 0) is 0 Å². The largest absolute Gasteiger partial charge is 0.396 e. The molecule has 4 heteroatoms. The van der Waals surface area contributed by atoms with Crippen molar-refractivity contribution in [3.63, 3.8) is 0 Å². The molecule has 0 fully saturated rings. The van der Waals surface area contributed by atoms with Crippen molar-refractivity contribution in [2.75, 3.05) is 11.1 Å². The Morgan fingerprint density at radius 1 is 1.71 bits per heavy atom. The van der Waals surface area contributed by atoms with Gasteiger partial charge in [0.25, 0.3) is 0 Å². The molecule has 0 aromatic carbocycles. The summed E-state index contributed by atoms with van der Waals surface area (Å²) in [5.74, 6) is 0. The molecule has 3 N–H and O–H groups in total. The van der Waals surface area contributed by atoms with Crippen LogP contribution in [0.15, 0.2) is 29.5 Å². The molecule has 0 saturated heterocycles. The molecular weight excluding hydrogens is 242 g/mol. The van der Waals surface area contributed by atoms with E-state index in [1.807, 2.05) is 6.08 Å². The molecule has 0 aliphatic rings. The van der Waals surface area contributed by atoms with Crippen LogP contribution in [0.1, 0.15) is 13.3 Å². The highest BCUT2D eigenvalue weighted by molar-refractivity contribution is 9.10. The lowest BCUT2D eigenvalue weighted by Crippen LogP contribution is -2.15. The predicted molar refractivity (Wildman–Crippen MR) is 64.2 cm³/mol. The van der Waals surface area contributed by atoms with Crippen molar-refractivity contribution in [3.8, 4) is 0 Å². The smallest absolute Gasteiger partial charge is 0.0752 e. The van der Waals surface area contributed by atoms with Gasteiger partial charge in [-0.1, -0.05) is 6.08 Å². The highest BCUT2D eigenvalue weighted by atomic mass is 79.9. The fraction of sp³-hybridized carbons (Fsp3) is 0.300. The van der Waals surface area contributed by atoms with Gasteiger partial charge in [0.15, 0.2) is 0 Å². The summed E-state index contributed by atoms with van der Waals surface area (Å²) in [5.41, 5.74) is 7.33. The summed E-state index contributed by atoms with van der Waals surface area (Å²) < 4.78 is 0.883. The fourth-order valence-electron chi connectivity index (χ4n) is 1.16. The molecular formula is C10H14BrN3. The molecule has 0 aliphatic heterocycles. The quantitative estimate of drug-likeness (QED) is 0.814. The minimum absolute atomic E-state index is 0.313. The first-order valence-corrected chi connectivity index (χ1v) is 5.21. The van der Waals surface area contributed by atoms with Crippen LogP contribution in [0.25, 0.3) is 0 Å². The summed E-state index contributed by atoms with van der Waals surface area (Å²) >= 11 is 3.40. The third kappa shape index (κ3) is 2.73. The van der Waals surface area contributed by atoms with E-state index in [0.717, 1.165) is 16.6 Å². The zero-order chi connectivity index (χ0) is 10.6. The normalized spacial score (nSPS) is 12.1. The van der Waals surface area contributed by atoms with Crippen molar-refractivity contribution in [2.45, 2.75) is 19.4 Å². The second-order valence-electron chi connectivity index (χ2n) is 3.16. The van der Waals surface area contributed by atoms with Gasteiger partial charge in [-0.2, -0.15) is 0 Å². The molecule has 14 heavy (non-hydrogen) atoms. The van der Waals surface area contributed by atoms with Crippen molar-refractivity contribution in [2.24, 2.45) is 0 Å². The second kappa shape index (κ2) is 5.00. The van der Waals surface area contributed by atoms with Crippen LogP contribution >= 0.6 is 15.9 Å². The van der Waals surface area contributed by atoms with Crippen molar-refractivity contribution < 1.29 is 0 Å². The molecule has 1 atom stereocenters. The highest BCUT2D eigenvalue weighted by Gasteiger charge is 2.06. The molecule has 0 saturated carbocycles. The molecule has 0 aliphatic carbocycles. The highest BCUT2D eigenvalue weighted by Crippen LogP contribution is 2.27. The van der Waals surface area contributed by atoms with Crippen molar-refractivity contribution in [1.29, 1.82) is 0 Å². The third-order valence-electron chi connectivity index (χ3n) is 1.84. The first-order chi connectivity index (χ1) is 6.65. The Kier molecular flexibility index (Phi) is 3.95. The summed E-state index contributed by atoms with van der Waals surface area (Å²) in [6.45, 7) is 5.77. The molecule has 1 aromatic heterocycles. The van der Waals surface area contributed by atoms with E-state index in [2.05, 4.69) is 39.7 Å². The van der Waals surface area contributed by atoms with E-state index in [1.54, 1.807) is 12.4 Å². The Balaban J connectivity index is 2.80. The number of nitrogen functional groups attached to an aromatic ring is 1. The van der Waals surface area contributed by atoms with Crippen LogP contribution in [0.4, 0.5) is 11.4 Å². The van der Waals surface area contributed by atoms with Crippen LogP contribution in [0, 0.1) is 0 Å². The maximum atomic E-state index is 5.79. The summed E-state index contributed by atoms with van der Waals surface area (Å²) in [4.78, 5) is 3.97. The van der Waals surface area contributed by atoms with E-state index in [-0.39, 0.29) is 0 Å². The Morgan fingerprint density at radius 2 is 2.43 bits per heavy atom. The number of pyridine rings is 1. The maximum absolute atomic E-state index is 5.79. The lowest BCUT2D eigenvalue weighted by atomic mass is 10.2. The number of halogens is 1. The molecule has 1 aromatic rings. The van der Waals surface area contributed by atoms with E-state index in [1.165, 1.54) is 0 Å². The molecule has 1 unspecified atom stereocenters. The number of hydrogen-bond acceptors (Lipinski definition) is 3. The van der Waals surface area contributed by atoms with Crippen LogP contribution in [0.2, 0.25) is 0 Å². The van der Waals surface area contributed by atoms with Crippen molar-refractivity contribution in [3.05, 3.63) is 29.5 Å². The van der Waals surface area contributed by atoms with Crippen molar-refractivity contribution in [1.82, 2.24) is 4.98 Å². The SMILES string of the molecule is C=CCC(C)Nc1c(N)cncc1Br. The third-order valence-corrected chi connectivity index (χ3v) is 2.44. The lowest BCUT2D eigenvalue weighted by Gasteiger charge is -2.16. The average molecular weight is 256 g/mol. The van der Waals surface area contributed by atoms with Gasteiger partial charge in [-0.05, 0) is 29.3 Å². The Hall–Kier alpha value is -1.03. The van der Waals surface area contributed by atoms with E-state index in [4.69, 9.17) is 5.73 Å². The molecule has 1 heterocycles. The molecule has 3 nitrogen and oxygen atoms in total. The Bertz CT molecular complexity index is 305. The number of aromatic nitrogens is 1. The van der Waals surface area contributed by atoms with Gasteiger partial charge in [-0.3, -0.25) is 4.98 Å². The van der Waals surface area contributed by atoms with Gasteiger partial charge in [0, 0.05) is 12.2 Å². The van der Waals surface area contributed by atoms with Gasteiger partial charge in [0.1, 0.15) is 0 Å². The van der Waals surface area contributed by atoms with Crippen LogP contribution in [0.5, 0.6) is 0 Å². The molecule has 0 radical (unpaired) electrons. The van der Waals surface area contributed by atoms with Crippen LogP contribution < -0.4 is 11.1 Å². The van der Waals surface area contributed by atoms with Gasteiger partial charge >= 0.3 is 0 Å². The molecule has 76 valence electrons. The first-order valence-electron chi connectivity index (χ1n) is 4.41. The minimum Gasteiger partial charge on any atom is -0.396 e. The summed E-state index contributed by atoms with van der Waals surface area (Å²) in [5, 5.41) is 3.30. The number of nitrogens with two attached hydrogens (primary N) is 1. The number of nitrogens with zero attached hydrogens (tertiary/aromatic N) is 1. The van der Waals surface area contributed by atoms with Crippen molar-refractivity contribution >= 4 is 27.3 Å². The van der Waals surface area contributed by atoms with E-state index < -0.39 is 0 Å². The summed E-state index contributed by atoms with van der Waals surface area (Å²) in [7, 11) is 0.